The first-order chi connectivity index (χ1) is 52.3. The first-order valence-electron chi connectivity index (χ1n) is 45.8. The smallest absolute Gasteiger partial charge is 0.220 e. The number of nitrogens with one attached hydrogen (secondary N) is 1. The molecule has 0 aliphatic carbocycles. The maximum Gasteiger partial charge on any atom is 0.220 e. The van der Waals surface area contributed by atoms with E-state index in [0.29, 0.717) is 12.8 Å². The summed E-state index contributed by atoms with van der Waals surface area (Å²) in [7, 11) is 0. The molecule has 3 aliphatic heterocycles. The van der Waals surface area contributed by atoms with Gasteiger partial charge in [0.2, 0.25) is 5.91 Å². The molecule has 3 rings (SSSR count). The van der Waals surface area contributed by atoms with Crippen molar-refractivity contribution in [3.05, 3.63) is 0 Å². The first-order valence-corrected chi connectivity index (χ1v) is 45.8. The van der Waals surface area contributed by atoms with E-state index in [4.69, 9.17) is 28.4 Å². The second-order valence-corrected chi connectivity index (χ2v) is 33.1. The summed E-state index contributed by atoms with van der Waals surface area (Å²) in [6, 6.07) is -0.884. The summed E-state index contributed by atoms with van der Waals surface area (Å²) in [6.07, 6.45) is 56.5. The number of unbranched alkanes of at least 4 members (excludes halogenated alkanes) is 60. The lowest BCUT2D eigenvalue weighted by Gasteiger charge is -2.48. The molecule has 0 saturated carbocycles. The molecule has 1 amide bonds. The van der Waals surface area contributed by atoms with Crippen LogP contribution in [0.15, 0.2) is 0 Å². The third kappa shape index (κ3) is 48.1. The predicted octanol–water partition coefficient (Wildman–Crippen LogP) is 17.3. The Bertz CT molecular complexity index is 1930. The van der Waals surface area contributed by atoms with Gasteiger partial charge in [-0.05, 0) is 12.8 Å². The van der Waals surface area contributed by atoms with Gasteiger partial charge in [-0.3, -0.25) is 4.79 Å². The molecule has 0 radical (unpaired) electrons. The average molecular weight is 1530 g/mol. The third-order valence-electron chi connectivity index (χ3n) is 23.4. The fraction of sp³-hybridized carbons (Fsp3) is 0.989. The first kappa shape index (κ1) is 100.0. The van der Waals surface area contributed by atoms with Crippen LogP contribution < -0.4 is 5.32 Å². The molecular weight excluding hydrogens is 1360 g/mol. The molecule has 3 aliphatic rings. The Labute approximate surface area is 653 Å². The molecule has 0 aromatic heterocycles. The summed E-state index contributed by atoms with van der Waals surface area (Å²) in [5.74, 6) is -0.231. The molecule has 0 bridgehead atoms. The maximum absolute atomic E-state index is 13.5. The highest BCUT2D eigenvalue weighted by Gasteiger charge is 2.54. The number of ether oxygens (including phenoxy) is 6. The summed E-state index contributed by atoms with van der Waals surface area (Å²) < 4.78 is 34.6. The number of aliphatic hydroxyl groups excluding tert-OH is 11. The van der Waals surface area contributed by atoms with Crippen molar-refractivity contribution in [1.29, 1.82) is 0 Å². The number of hydrogen-bond donors (Lipinski definition) is 12. The highest BCUT2D eigenvalue weighted by Crippen LogP contribution is 2.34. The summed E-state index contributed by atoms with van der Waals surface area (Å²) >= 11 is 0. The summed E-state index contributed by atoms with van der Waals surface area (Å²) in [5.41, 5.74) is 0. The van der Waals surface area contributed by atoms with Crippen LogP contribution in [0.1, 0.15) is 425 Å². The summed E-state index contributed by atoms with van der Waals surface area (Å²) in [6.45, 7) is 1.89. The fourth-order valence-electron chi connectivity index (χ4n) is 16.1. The molecule has 0 aromatic rings. The standard InChI is InChI=1S/C88H171NO18/c1-3-5-7-9-11-13-15-17-19-21-23-25-27-29-31-33-34-35-36-37-38-40-42-44-46-48-50-52-54-56-58-60-62-64-66-76(94)89-71(72(93)65-63-61-59-57-55-53-51-49-47-45-43-41-39-32-30-28-26-24-22-20-18-16-14-12-10-8-6-4-2)70-102-86-82(100)79(97)84(74(68-91)104-86)107-88-83(101)80(98)85(75(69-92)105-88)106-87-81(99)78(96)77(95)73(67-90)103-87/h71-75,77-88,90-93,95-101H,3-70H2,1-2H3,(H,89,94). The topological polar surface area (TPSA) is 307 Å². The Balaban J connectivity index is 1.31. The van der Waals surface area contributed by atoms with Crippen LogP contribution in [0, 0.1) is 0 Å². The Morgan fingerprint density at radius 1 is 0.299 bits per heavy atom. The monoisotopic (exact) mass is 1530 g/mol. The average Bonchev–Trinajstić information content (AvgIpc) is 0.781. The molecule has 3 heterocycles. The van der Waals surface area contributed by atoms with Gasteiger partial charge in [0.25, 0.3) is 0 Å². The molecule has 12 N–H and O–H groups in total. The molecule has 17 unspecified atom stereocenters. The molecule has 0 spiro atoms. The zero-order valence-electron chi connectivity index (χ0n) is 68.7. The lowest BCUT2D eigenvalue weighted by Crippen LogP contribution is -2.66. The van der Waals surface area contributed by atoms with Gasteiger partial charge in [-0.15, -0.1) is 0 Å². The molecule has 636 valence electrons. The van der Waals surface area contributed by atoms with E-state index in [1.165, 1.54) is 347 Å². The van der Waals surface area contributed by atoms with Crippen LogP contribution in [0.25, 0.3) is 0 Å². The molecule has 19 nitrogen and oxygen atoms in total. The van der Waals surface area contributed by atoms with Gasteiger partial charge < -0.3 is 89.9 Å². The van der Waals surface area contributed by atoms with Crippen LogP contribution in [0.3, 0.4) is 0 Å². The highest BCUT2D eigenvalue weighted by atomic mass is 16.8. The van der Waals surface area contributed by atoms with E-state index in [2.05, 4.69) is 19.2 Å². The van der Waals surface area contributed by atoms with E-state index in [1.807, 2.05) is 0 Å². The van der Waals surface area contributed by atoms with Crippen molar-refractivity contribution >= 4 is 5.91 Å². The molecule has 17 atom stereocenters. The molecule has 3 fully saturated rings. The van der Waals surface area contributed by atoms with Crippen molar-refractivity contribution in [3.8, 4) is 0 Å². The fourth-order valence-corrected chi connectivity index (χ4v) is 16.1. The van der Waals surface area contributed by atoms with Gasteiger partial charge in [-0.2, -0.15) is 0 Å². The van der Waals surface area contributed by atoms with Gasteiger partial charge >= 0.3 is 0 Å². The van der Waals surface area contributed by atoms with E-state index in [9.17, 15) is 61.0 Å². The Kier molecular flexibility index (Phi) is 64.6. The van der Waals surface area contributed by atoms with Crippen LogP contribution in [0.5, 0.6) is 0 Å². The van der Waals surface area contributed by atoms with Crippen LogP contribution in [-0.4, -0.2) is 193 Å². The molecule has 19 heteroatoms. The minimum atomic E-state index is -1.97. The molecular formula is C88H171NO18. The van der Waals surface area contributed by atoms with Gasteiger partial charge in [-0.25, -0.2) is 0 Å². The molecule has 3 saturated heterocycles. The Morgan fingerprint density at radius 2 is 0.533 bits per heavy atom. The maximum atomic E-state index is 13.5. The van der Waals surface area contributed by atoms with Gasteiger partial charge in [-0.1, -0.05) is 406 Å². The Hall–Kier alpha value is -1.21. The van der Waals surface area contributed by atoms with Gasteiger partial charge in [0, 0.05) is 6.42 Å². The number of hydrogen-bond acceptors (Lipinski definition) is 18. The van der Waals surface area contributed by atoms with Gasteiger partial charge in [0.15, 0.2) is 18.9 Å². The van der Waals surface area contributed by atoms with Gasteiger partial charge in [0.05, 0.1) is 38.6 Å². The van der Waals surface area contributed by atoms with Crippen molar-refractivity contribution in [3.63, 3.8) is 0 Å². The minimum absolute atomic E-state index is 0.231. The number of amides is 1. The lowest BCUT2D eigenvalue weighted by atomic mass is 9.96. The van der Waals surface area contributed by atoms with E-state index in [1.54, 1.807) is 0 Å². The van der Waals surface area contributed by atoms with Crippen LogP contribution in [0.2, 0.25) is 0 Å². The SMILES string of the molecule is CCCCCCCCCCCCCCCCCCCCCCCCCCCCCCCCCCCCC(=O)NC(COC1OC(CO)C(OC2OC(CO)C(OC3OC(CO)C(O)C(O)C3O)C(O)C2O)C(O)C1O)C(O)CCCCCCCCCCCCCCCCCCCCCCCCCCCCCC. The van der Waals surface area contributed by atoms with E-state index < -0.39 is 124 Å². The third-order valence-corrected chi connectivity index (χ3v) is 23.4. The summed E-state index contributed by atoms with van der Waals surface area (Å²) in [5, 5.41) is 121. The number of aliphatic hydroxyl groups is 11. The van der Waals surface area contributed by atoms with E-state index >= 15 is 0 Å². The van der Waals surface area contributed by atoms with Crippen LogP contribution in [0.4, 0.5) is 0 Å². The minimum Gasteiger partial charge on any atom is -0.394 e. The predicted molar refractivity (Wildman–Crippen MR) is 430 cm³/mol. The van der Waals surface area contributed by atoms with Crippen molar-refractivity contribution in [1.82, 2.24) is 5.32 Å². The second kappa shape index (κ2) is 69.1. The van der Waals surface area contributed by atoms with Crippen molar-refractivity contribution in [2.75, 3.05) is 26.4 Å². The van der Waals surface area contributed by atoms with E-state index in [0.717, 1.165) is 44.9 Å². The van der Waals surface area contributed by atoms with E-state index in [-0.39, 0.29) is 18.9 Å². The van der Waals surface area contributed by atoms with Crippen LogP contribution >= 0.6 is 0 Å². The van der Waals surface area contributed by atoms with Crippen molar-refractivity contribution < 1.29 is 89.4 Å². The number of carbonyl (C=O) groups excluding carboxylic acids is 1. The zero-order valence-corrected chi connectivity index (χ0v) is 68.7. The highest BCUT2D eigenvalue weighted by molar-refractivity contribution is 5.76. The van der Waals surface area contributed by atoms with Crippen molar-refractivity contribution in [2.45, 2.75) is 529 Å². The normalized spacial score (nSPS) is 25.4. The molecule has 0 aromatic carbocycles. The largest absolute Gasteiger partial charge is 0.394 e. The quantitative estimate of drug-likeness (QED) is 0.0252. The van der Waals surface area contributed by atoms with Gasteiger partial charge in [0.1, 0.15) is 73.2 Å². The lowest BCUT2D eigenvalue weighted by molar-refractivity contribution is -0.379. The zero-order chi connectivity index (χ0) is 77.4. The number of carbonyl (C=O) groups is 1. The van der Waals surface area contributed by atoms with Crippen molar-refractivity contribution in [2.24, 2.45) is 0 Å². The van der Waals surface area contributed by atoms with Crippen LogP contribution in [-0.2, 0) is 33.2 Å². The second-order valence-electron chi connectivity index (χ2n) is 33.1. The Morgan fingerprint density at radius 3 is 0.813 bits per heavy atom. The molecule has 107 heavy (non-hydrogen) atoms. The number of rotatable bonds is 76. The summed E-state index contributed by atoms with van der Waals surface area (Å²) in [4.78, 5) is 13.5.